The topological polar surface area (TPSA) is 0 Å². The summed E-state index contributed by atoms with van der Waals surface area (Å²) in [5.41, 5.74) is 9.84. The molecule has 0 aromatic heterocycles. The first-order valence-corrected chi connectivity index (χ1v) is 10.6. The predicted molar refractivity (Wildman–Crippen MR) is 118 cm³/mol. The van der Waals surface area contributed by atoms with Crippen LogP contribution in [0, 0.1) is 0 Å². The molecule has 3 aromatic rings. The van der Waals surface area contributed by atoms with Crippen LogP contribution in [0.5, 0.6) is 0 Å². The molecule has 0 heterocycles. The van der Waals surface area contributed by atoms with Gasteiger partial charge in [0.2, 0.25) is 0 Å². The number of fused-ring (bicyclic) bond motifs is 3. The summed E-state index contributed by atoms with van der Waals surface area (Å²) >= 11 is 6.03. The Morgan fingerprint density at radius 1 is 0.704 bits per heavy atom. The second-order valence-electron chi connectivity index (χ2n) is 7.68. The summed E-state index contributed by atoms with van der Waals surface area (Å²) in [6.45, 7) is 2.27. The van der Waals surface area contributed by atoms with Crippen LogP contribution < -0.4 is 0 Å². The minimum atomic E-state index is 0.788. The van der Waals surface area contributed by atoms with Crippen LogP contribution in [0.15, 0.2) is 60.7 Å². The van der Waals surface area contributed by atoms with Crippen molar-refractivity contribution in [2.75, 3.05) is 0 Å². The van der Waals surface area contributed by atoms with Crippen molar-refractivity contribution in [3.63, 3.8) is 0 Å². The number of hydrogen-bond acceptors (Lipinski definition) is 0. The minimum absolute atomic E-state index is 0.788. The summed E-state index contributed by atoms with van der Waals surface area (Å²) in [6, 6.07) is 22.2. The summed E-state index contributed by atoms with van der Waals surface area (Å²) in [7, 11) is 0. The van der Waals surface area contributed by atoms with Crippen LogP contribution in [0.2, 0.25) is 5.02 Å². The Labute approximate surface area is 168 Å². The predicted octanol–water partition coefficient (Wildman–Crippen LogP) is 7.90. The van der Waals surface area contributed by atoms with Crippen molar-refractivity contribution in [2.45, 2.75) is 51.9 Å². The van der Waals surface area contributed by atoms with Gasteiger partial charge in [0.25, 0.3) is 0 Å². The minimum Gasteiger partial charge on any atom is -0.0843 e. The molecule has 0 amide bonds. The van der Waals surface area contributed by atoms with Crippen LogP contribution in [0.4, 0.5) is 0 Å². The van der Waals surface area contributed by atoms with Crippen LogP contribution in [0.3, 0.4) is 0 Å². The Balaban J connectivity index is 1.57. The maximum Gasteiger partial charge on any atom is 0.0406 e. The maximum atomic E-state index is 6.03. The molecule has 0 unspecified atom stereocenters. The van der Waals surface area contributed by atoms with E-state index in [0.29, 0.717) is 0 Å². The number of unbranched alkanes of at least 4 members (excludes halogenated alkanes) is 3. The molecule has 0 radical (unpaired) electrons. The molecule has 0 aliphatic heterocycles. The summed E-state index contributed by atoms with van der Waals surface area (Å²) in [5, 5.41) is 0.788. The van der Waals surface area contributed by atoms with E-state index in [1.807, 2.05) is 12.1 Å². The fraction of sp³-hybridized carbons (Fsp3) is 0.308. The van der Waals surface area contributed by atoms with E-state index < -0.39 is 0 Å². The zero-order valence-corrected chi connectivity index (χ0v) is 16.9. The zero-order valence-electron chi connectivity index (χ0n) is 16.1. The molecule has 0 spiro atoms. The lowest BCUT2D eigenvalue weighted by Gasteiger charge is -2.21. The lowest BCUT2D eigenvalue weighted by atomic mass is 9.83. The van der Waals surface area contributed by atoms with Gasteiger partial charge in [-0.1, -0.05) is 86.3 Å². The highest BCUT2D eigenvalue weighted by Crippen LogP contribution is 2.36. The zero-order chi connectivity index (χ0) is 18.6. The van der Waals surface area contributed by atoms with Crippen LogP contribution in [-0.2, 0) is 19.3 Å². The van der Waals surface area contributed by atoms with Crippen molar-refractivity contribution >= 4 is 11.6 Å². The highest BCUT2D eigenvalue weighted by molar-refractivity contribution is 6.30. The van der Waals surface area contributed by atoms with E-state index in [4.69, 9.17) is 11.6 Å². The average molecular weight is 375 g/mol. The van der Waals surface area contributed by atoms with Crippen molar-refractivity contribution in [2.24, 2.45) is 0 Å². The van der Waals surface area contributed by atoms with Gasteiger partial charge in [-0.05, 0) is 76.8 Å². The molecule has 4 rings (SSSR count). The summed E-state index contributed by atoms with van der Waals surface area (Å²) in [5.74, 6) is 0. The number of benzene rings is 3. The van der Waals surface area contributed by atoms with Crippen LogP contribution >= 0.6 is 11.6 Å². The lowest BCUT2D eigenvalue weighted by Crippen LogP contribution is -2.05. The standard InChI is InChI=1S/C26H27Cl/c1-2-3-4-5-6-19-7-15-25-22(17-19)8-9-23-18-21(12-16-26(23)25)20-10-13-24(27)14-11-20/h7,10-18H,2-6,8-9H2,1H3. The van der Waals surface area contributed by atoms with E-state index in [0.717, 1.165) is 17.9 Å². The third kappa shape index (κ3) is 4.12. The molecule has 1 aliphatic carbocycles. The molecule has 27 heavy (non-hydrogen) atoms. The van der Waals surface area contributed by atoms with Gasteiger partial charge in [0, 0.05) is 5.02 Å². The van der Waals surface area contributed by atoms with Crippen LogP contribution in [0.1, 0.15) is 49.3 Å². The average Bonchev–Trinajstić information content (AvgIpc) is 2.71. The number of hydrogen-bond donors (Lipinski definition) is 0. The molecule has 0 saturated carbocycles. The van der Waals surface area contributed by atoms with Crippen molar-refractivity contribution < 1.29 is 0 Å². The van der Waals surface area contributed by atoms with E-state index in [9.17, 15) is 0 Å². The fourth-order valence-electron chi connectivity index (χ4n) is 4.18. The molecule has 3 aromatic carbocycles. The van der Waals surface area contributed by atoms with Crippen molar-refractivity contribution in [1.82, 2.24) is 0 Å². The SMILES string of the molecule is CCCCCCc1ccc2c(c1)CCc1cc(-c3ccc(Cl)cc3)ccc1-2. The normalized spacial score (nSPS) is 12.5. The quantitative estimate of drug-likeness (QED) is 0.384. The summed E-state index contributed by atoms with van der Waals surface area (Å²) in [4.78, 5) is 0. The van der Waals surface area contributed by atoms with Gasteiger partial charge in [-0.3, -0.25) is 0 Å². The number of aryl methyl sites for hydroxylation is 3. The van der Waals surface area contributed by atoms with E-state index in [1.165, 1.54) is 71.0 Å². The van der Waals surface area contributed by atoms with Crippen molar-refractivity contribution in [1.29, 1.82) is 0 Å². The first-order chi connectivity index (χ1) is 13.2. The lowest BCUT2D eigenvalue weighted by molar-refractivity contribution is 0.666. The summed E-state index contributed by atoms with van der Waals surface area (Å²) in [6.07, 6.45) is 8.82. The van der Waals surface area contributed by atoms with Gasteiger partial charge in [0.1, 0.15) is 0 Å². The molecule has 0 atom stereocenters. The summed E-state index contributed by atoms with van der Waals surface area (Å²) < 4.78 is 0. The maximum absolute atomic E-state index is 6.03. The Kier molecular flexibility index (Phi) is 5.64. The van der Waals surface area contributed by atoms with E-state index >= 15 is 0 Å². The van der Waals surface area contributed by atoms with E-state index in [2.05, 4.69) is 55.5 Å². The molecule has 1 heteroatoms. The molecule has 138 valence electrons. The van der Waals surface area contributed by atoms with Gasteiger partial charge < -0.3 is 0 Å². The Hall–Kier alpha value is -2.05. The monoisotopic (exact) mass is 374 g/mol. The second kappa shape index (κ2) is 8.31. The van der Waals surface area contributed by atoms with Gasteiger partial charge in [0.15, 0.2) is 0 Å². The number of halogens is 1. The first kappa shape index (κ1) is 18.3. The molecule has 0 fully saturated rings. The second-order valence-corrected chi connectivity index (χ2v) is 8.12. The van der Waals surface area contributed by atoms with Gasteiger partial charge in [-0.15, -0.1) is 0 Å². The Morgan fingerprint density at radius 2 is 1.37 bits per heavy atom. The molecular formula is C26H27Cl. The smallest absolute Gasteiger partial charge is 0.0406 e. The molecule has 0 N–H and O–H groups in total. The number of rotatable bonds is 6. The molecule has 0 nitrogen and oxygen atoms in total. The highest BCUT2D eigenvalue weighted by Gasteiger charge is 2.17. The van der Waals surface area contributed by atoms with Gasteiger partial charge in [-0.2, -0.15) is 0 Å². The molecular weight excluding hydrogens is 348 g/mol. The van der Waals surface area contributed by atoms with E-state index in [1.54, 1.807) is 0 Å². The Bertz CT molecular complexity index is 921. The molecule has 0 saturated heterocycles. The third-order valence-electron chi connectivity index (χ3n) is 5.73. The van der Waals surface area contributed by atoms with Gasteiger partial charge in [0.05, 0.1) is 0 Å². The van der Waals surface area contributed by atoms with Gasteiger partial charge in [-0.25, -0.2) is 0 Å². The fourth-order valence-corrected chi connectivity index (χ4v) is 4.31. The van der Waals surface area contributed by atoms with Crippen LogP contribution in [-0.4, -0.2) is 0 Å². The first-order valence-electron chi connectivity index (χ1n) is 10.3. The highest BCUT2D eigenvalue weighted by atomic mass is 35.5. The van der Waals surface area contributed by atoms with Crippen molar-refractivity contribution in [3.05, 3.63) is 82.4 Å². The Morgan fingerprint density at radius 3 is 2.11 bits per heavy atom. The van der Waals surface area contributed by atoms with Crippen LogP contribution in [0.25, 0.3) is 22.3 Å². The van der Waals surface area contributed by atoms with Gasteiger partial charge >= 0.3 is 0 Å². The van der Waals surface area contributed by atoms with Crippen molar-refractivity contribution in [3.8, 4) is 22.3 Å². The van der Waals surface area contributed by atoms with E-state index in [-0.39, 0.29) is 0 Å². The largest absolute Gasteiger partial charge is 0.0843 e. The molecule has 1 aliphatic rings. The third-order valence-corrected chi connectivity index (χ3v) is 5.98. The molecule has 0 bridgehead atoms.